The monoisotopic (exact) mass is 582 g/mol. The summed E-state index contributed by atoms with van der Waals surface area (Å²) in [4.78, 5) is 0. The molecule has 0 aliphatic rings. The van der Waals surface area contributed by atoms with E-state index in [-0.39, 0.29) is 19.9 Å². The molecule has 0 bridgehead atoms. The van der Waals surface area contributed by atoms with Crippen LogP contribution < -0.4 is 4.74 Å². The number of fused-ring (bicyclic) bond motifs is 1. The second-order valence-corrected chi connectivity index (χ2v) is 8.50. The van der Waals surface area contributed by atoms with Gasteiger partial charge >= 0.3 is 6.11 Å². The minimum absolute atomic E-state index is 0.0182. The zero-order valence-corrected chi connectivity index (χ0v) is 19.5. The van der Waals surface area contributed by atoms with Crippen molar-refractivity contribution in [2.45, 2.75) is 13.0 Å². The first kappa shape index (κ1) is 24.0. The minimum Gasteiger partial charge on any atom is -0.429 e. The Morgan fingerprint density at radius 2 is 1.38 bits per heavy atom. The molecule has 0 aliphatic carbocycles. The van der Waals surface area contributed by atoms with E-state index in [2.05, 4.69) is 16.6 Å². The molecule has 0 aromatic heterocycles. The summed E-state index contributed by atoms with van der Waals surface area (Å²) in [6.07, 6.45) is -4.41. The predicted molar refractivity (Wildman–Crippen MR) is 125 cm³/mol. The first-order chi connectivity index (χ1) is 16.0. The van der Waals surface area contributed by atoms with Crippen molar-refractivity contribution in [2.75, 3.05) is 0 Å². The van der Waals surface area contributed by atoms with Gasteiger partial charge < -0.3 is 4.74 Å². The van der Waals surface area contributed by atoms with E-state index in [1.165, 1.54) is 22.6 Å². The van der Waals surface area contributed by atoms with Crippen molar-refractivity contribution < 1.29 is 31.1 Å². The third-order valence-corrected chi connectivity index (χ3v) is 5.91. The van der Waals surface area contributed by atoms with Gasteiger partial charge in [-0.3, -0.25) is 0 Å². The van der Waals surface area contributed by atoms with Gasteiger partial charge in [-0.05, 0) is 83.4 Å². The summed E-state index contributed by atoms with van der Waals surface area (Å²) in [7, 11) is 0. The quantitative estimate of drug-likeness (QED) is 0.104. The molecule has 0 aliphatic heterocycles. The van der Waals surface area contributed by atoms with Crippen LogP contribution in [0, 0.1) is 45.6 Å². The highest BCUT2D eigenvalue weighted by Gasteiger charge is 2.41. The largest absolute Gasteiger partial charge is 0.432 e. The fourth-order valence-electron chi connectivity index (χ4n) is 3.25. The fourth-order valence-corrected chi connectivity index (χ4v) is 3.70. The van der Waals surface area contributed by atoms with Gasteiger partial charge in [-0.15, -0.1) is 0 Å². The molecule has 4 aromatic carbocycles. The lowest BCUT2D eigenvalue weighted by molar-refractivity contribution is -0.189. The van der Waals surface area contributed by atoms with Crippen molar-refractivity contribution in [1.82, 2.24) is 0 Å². The van der Waals surface area contributed by atoms with Gasteiger partial charge in [-0.25, -0.2) is 17.6 Å². The van der Waals surface area contributed by atoms with Crippen LogP contribution in [0.15, 0.2) is 60.7 Å². The number of halogens is 7. The van der Waals surface area contributed by atoms with E-state index in [1.54, 1.807) is 12.1 Å². The standard InChI is InChI=1S/C26H13F6IO/c1-14-2-4-15(5-3-14)6-7-16-10-20(27)23(21(28)11-16)26(31,32)34-18-8-9-19-17(12-18)13-22(29)25(33)24(19)30/h2-5,8-13H,1H3. The molecule has 4 aromatic rings. The third kappa shape index (κ3) is 4.85. The van der Waals surface area contributed by atoms with Gasteiger partial charge in [0, 0.05) is 16.5 Å². The number of hydrogen-bond donors (Lipinski definition) is 0. The summed E-state index contributed by atoms with van der Waals surface area (Å²) in [6, 6.07) is 12.5. The summed E-state index contributed by atoms with van der Waals surface area (Å²) >= 11 is 1.48. The first-order valence-corrected chi connectivity index (χ1v) is 10.9. The SMILES string of the molecule is Cc1ccc(C#Cc2cc(F)c(C(F)(F)Oc3ccc4c(F)c(I)c(F)cc4c3)c(F)c2)cc1. The normalized spacial score (nSPS) is 11.3. The molecule has 0 fully saturated rings. The van der Waals surface area contributed by atoms with Crippen LogP contribution in [-0.2, 0) is 6.11 Å². The Morgan fingerprint density at radius 1 is 0.765 bits per heavy atom. The molecule has 172 valence electrons. The highest BCUT2D eigenvalue weighted by atomic mass is 127. The van der Waals surface area contributed by atoms with Crippen molar-refractivity contribution in [1.29, 1.82) is 0 Å². The number of rotatable bonds is 3. The number of aryl methyl sites for hydroxylation is 1. The van der Waals surface area contributed by atoms with Crippen molar-refractivity contribution in [3.05, 3.63) is 110 Å². The lowest BCUT2D eigenvalue weighted by atomic mass is 10.1. The molecule has 0 saturated heterocycles. The zero-order valence-electron chi connectivity index (χ0n) is 17.3. The maximum absolute atomic E-state index is 14.7. The van der Waals surface area contributed by atoms with Crippen LogP contribution in [0.4, 0.5) is 26.3 Å². The Balaban J connectivity index is 1.64. The molecule has 0 spiro atoms. The van der Waals surface area contributed by atoms with Crippen LogP contribution in [0.3, 0.4) is 0 Å². The summed E-state index contributed by atoms with van der Waals surface area (Å²) < 4.78 is 90.8. The van der Waals surface area contributed by atoms with E-state index < -0.39 is 40.7 Å². The fraction of sp³-hybridized carbons (Fsp3) is 0.0769. The van der Waals surface area contributed by atoms with Crippen LogP contribution in [0.25, 0.3) is 10.8 Å². The Morgan fingerprint density at radius 3 is 2.03 bits per heavy atom. The molecule has 0 amide bonds. The topological polar surface area (TPSA) is 9.23 Å². The number of ether oxygens (including phenoxy) is 1. The molecule has 0 atom stereocenters. The van der Waals surface area contributed by atoms with Crippen molar-refractivity contribution in [2.24, 2.45) is 0 Å². The molecule has 0 radical (unpaired) electrons. The van der Waals surface area contributed by atoms with E-state index in [4.69, 9.17) is 0 Å². The van der Waals surface area contributed by atoms with E-state index in [0.29, 0.717) is 17.7 Å². The average Bonchev–Trinajstić information content (AvgIpc) is 2.76. The predicted octanol–water partition coefficient (Wildman–Crippen LogP) is 7.84. The van der Waals surface area contributed by atoms with E-state index >= 15 is 0 Å². The van der Waals surface area contributed by atoms with E-state index in [9.17, 15) is 26.3 Å². The van der Waals surface area contributed by atoms with Gasteiger partial charge in [0.2, 0.25) is 0 Å². The van der Waals surface area contributed by atoms with Gasteiger partial charge in [0.05, 0.1) is 3.57 Å². The van der Waals surface area contributed by atoms with Crippen LogP contribution in [-0.4, -0.2) is 0 Å². The first-order valence-electron chi connectivity index (χ1n) is 9.77. The molecule has 0 unspecified atom stereocenters. The second kappa shape index (κ2) is 9.22. The number of benzene rings is 4. The summed E-state index contributed by atoms with van der Waals surface area (Å²) in [5, 5.41) is -0.0679. The van der Waals surface area contributed by atoms with Crippen LogP contribution >= 0.6 is 22.6 Å². The molecule has 0 saturated carbocycles. The summed E-state index contributed by atoms with van der Waals surface area (Å²) in [6.45, 7) is 1.89. The maximum atomic E-state index is 14.7. The van der Waals surface area contributed by atoms with Crippen LogP contribution in [0.1, 0.15) is 22.3 Å². The van der Waals surface area contributed by atoms with Crippen LogP contribution in [0.2, 0.25) is 0 Å². The van der Waals surface area contributed by atoms with E-state index in [1.807, 2.05) is 19.1 Å². The molecule has 1 nitrogen and oxygen atoms in total. The summed E-state index contributed by atoms with van der Waals surface area (Å²) in [5.74, 6) is -0.118. The second-order valence-electron chi connectivity index (χ2n) is 7.42. The zero-order chi connectivity index (χ0) is 24.6. The molecule has 0 heterocycles. The van der Waals surface area contributed by atoms with Crippen molar-refractivity contribution in [3.63, 3.8) is 0 Å². The molecule has 8 heteroatoms. The maximum Gasteiger partial charge on any atom is 0.432 e. The highest BCUT2D eigenvalue weighted by Crippen LogP contribution is 2.37. The third-order valence-electron chi connectivity index (χ3n) is 4.93. The van der Waals surface area contributed by atoms with Gasteiger partial charge in [0.1, 0.15) is 34.6 Å². The number of hydrogen-bond acceptors (Lipinski definition) is 1. The minimum atomic E-state index is -4.41. The molecule has 34 heavy (non-hydrogen) atoms. The van der Waals surface area contributed by atoms with Gasteiger partial charge in [-0.2, -0.15) is 8.78 Å². The van der Waals surface area contributed by atoms with E-state index in [0.717, 1.165) is 29.8 Å². The van der Waals surface area contributed by atoms with Gasteiger partial charge in [0.15, 0.2) is 0 Å². The summed E-state index contributed by atoms with van der Waals surface area (Å²) in [5.41, 5.74) is -0.150. The Hall–Kier alpha value is -3.19. The molecule has 4 rings (SSSR count). The van der Waals surface area contributed by atoms with Crippen LogP contribution in [0.5, 0.6) is 5.75 Å². The Kier molecular flexibility index (Phi) is 6.49. The van der Waals surface area contributed by atoms with Crippen molar-refractivity contribution >= 4 is 33.4 Å². The average molecular weight is 582 g/mol. The highest BCUT2D eigenvalue weighted by molar-refractivity contribution is 14.1. The molecular formula is C26H13F6IO. The smallest absolute Gasteiger partial charge is 0.429 e. The number of alkyl halides is 2. The van der Waals surface area contributed by atoms with Gasteiger partial charge in [0.25, 0.3) is 0 Å². The Labute approximate surface area is 204 Å². The molecular weight excluding hydrogens is 569 g/mol. The Bertz CT molecular complexity index is 1450. The lowest BCUT2D eigenvalue weighted by Gasteiger charge is -2.20. The van der Waals surface area contributed by atoms with Gasteiger partial charge in [-0.1, -0.05) is 29.5 Å². The molecule has 0 N–H and O–H groups in total. The lowest BCUT2D eigenvalue weighted by Crippen LogP contribution is -2.25. The van der Waals surface area contributed by atoms with Crippen molar-refractivity contribution in [3.8, 4) is 17.6 Å².